The van der Waals surface area contributed by atoms with Crippen LogP contribution in [0.4, 0.5) is 47.8 Å². The predicted molar refractivity (Wildman–Crippen MR) is 126 cm³/mol. The number of benzene rings is 2. The molecule has 2 aromatic rings. The fourth-order valence-corrected chi connectivity index (χ4v) is 5.01. The van der Waals surface area contributed by atoms with Gasteiger partial charge in [0.05, 0.1) is 35.7 Å². The van der Waals surface area contributed by atoms with E-state index in [1.807, 2.05) is 6.07 Å². The van der Waals surface area contributed by atoms with E-state index in [0.717, 1.165) is 6.07 Å². The number of hydrogen-bond acceptors (Lipinski definition) is 5. The summed E-state index contributed by atoms with van der Waals surface area (Å²) in [4.78, 5) is 41.7. The Morgan fingerprint density at radius 2 is 1.48 bits per heavy atom. The second kappa shape index (κ2) is 10.8. The van der Waals surface area contributed by atoms with Crippen molar-refractivity contribution in [2.75, 3.05) is 16.8 Å². The van der Waals surface area contributed by atoms with Gasteiger partial charge in [0.25, 0.3) is 0 Å². The molecule has 2 aliphatic rings. The van der Waals surface area contributed by atoms with Crippen LogP contribution in [0.2, 0.25) is 0 Å². The van der Waals surface area contributed by atoms with Gasteiger partial charge in [0.15, 0.2) is 0 Å². The minimum atomic E-state index is -4.74. The molecule has 7 nitrogen and oxygen atoms in total. The van der Waals surface area contributed by atoms with Gasteiger partial charge in [-0.05, 0) is 43.2 Å². The monoisotopic (exact) mass is 570 g/mol. The van der Waals surface area contributed by atoms with Crippen molar-refractivity contribution >= 4 is 34.8 Å². The normalized spacial score (nSPS) is 21.6. The lowest BCUT2D eigenvalue weighted by Gasteiger charge is -2.30. The minimum Gasteiger partial charge on any atom is -0.337 e. The molecule has 0 unspecified atom stereocenters. The van der Waals surface area contributed by atoms with E-state index in [-0.39, 0.29) is 22.6 Å². The number of imide groups is 1. The summed E-state index contributed by atoms with van der Waals surface area (Å²) in [6.45, 7) is -0.507. The van der Waals surface area contributed by atoms with E-state index in [1.54, 1.807) is 0 Å². The molecular weight excluding hydrogens is 549 g/mol. The molecule has 2 aliphatic heterocycles. The van der Waals surface area contributed by atoms with Crippen molar-refractivity contribution in [2.24, 2.45) is 11.8 Å². The Bertz CT molecular complexity index is 1330. The molecule has 0 saturated carbocycles. The first-order valence-electron chi connectivity index (χ1n) is 12.1. The van der Waals surface area contributed by atoms with E-state index in [4.69, 9.17) is 0 Å². The summed E-state index contributed by atoms with van der Waals surface area (Å²) >= 11 is 0. The van der Waals surface area contributed by atoms with Crippen LogP contribution in [0.25, 0.3) is 0 Å². The standard InChI is InChI=1S/C26H21F7N4O3/c27-18-5-2-6-19-21(18)35-22(38)20(13-36(19)15-4-1-3-14(11-15)12-34)37-23(39)16(7-9-25(28,29)30)17(24(37)40)8-10-26(31,32)33/h1-6,11,16-17,20H,7-10,13H2,(H,35,38)/t16-,17+,20-/m0/s1. The number of nitrogens with one attached hydrogen (secondary N) is 1. The number of carbonyl (C=O) groups excluding carboxylic acids is 3. The van der Waals surface area contributed by atoms with Crippen molar-refractivity contribution in [2.45, 2.75) is 44.1 Å². The maximum atomic E-state index is 14.8. The van der Waals surface area contributed by atoms with E-state index >= 15 is 0 Å². The molecule has 3 atom stereocenters. The Balaban J connectivity index is 1.75. The lowest BCUT2D eigenvalue weighted by molar-refractivity contribution is -0.147. The molecule has 3 amide bonds. The number of rotatable bonds is 6. The van der Waals surface area contributed by atoms with Crippen molar-refractivity contribution in [1.82, 2.24) is 4.90 Å². The molecule has 40 heavy (non-hydrogen) atoms. The summed E-state index contributed by atoms with van der Waals surface area (Å²) in [6, 6.07) is 9.85. The molecule has 14 heteroatoms. The number of nitrogens with zero attached hydrogens (tertiary/aromatic N) is 3. The number of nitriles is 1. The second-order valence-electron chi connectivity index (χ2n) is 9.48. The van der Waals surface area contributed by atoms with Crippen LogP contribution in [-0.4, -0.2) is 47.6 Å². The van der Waals surface area contributed by atoms with Gasteiger partial charge in [-0.25, -0.2) is 4.39 Å². The molecule has 2 heterocycles. The molecule has 1 N–H and O–H groups in total. The maximum absolute atomic E-state index is 14.8. The quantitative estimate of drug-likeness (QED) is 0.369. The smallest absolute Gasteiger partial charge is 0.337 e. The third-order valence-corrected chi connectivity index (χ3v) is 6.86. The van der Waals surface area contributed by atoms with Gasteiger partial charge in [-0.2, -0.15) is 31.6 Å². The van der Waals surface area contributed by atoms with Gasteiger partial charge < -0.3 is 10.2 Å². The van der Waals surface area contributed by atoms with Gasteiger partial charge in [-0.1, -0.05) is 12.1 Å². The number of likely N-dealkylation sites (tertiary alicyclic amines) is 1. The van der Waals surface area contributed by atoms with E-state index in [2.05, 4.69) is 5.32 Å². The molecule has 2 aromatic carbocycles. The van der Waals surface area contributed by atoms with Crippen molar-refractivity contribution in [3.8, 4) is 6.07 Å². The molecule has 0 aliphatic carbocycles. The van der Waals surface area contributed by atoms with Crippen molar-refractivity contribution in [3.63, 3.8) is 0 Å². The average molecular weight is 570 g/mol. The van der Waals surface area contributed by atoms with Crippen LogP contribution in [0, 0.1) is 29.0 Å². The Labute approximate surface area is 223 Å². The topological polar surface area (TPSA) is 93.5 Å². The first kappa shape index (κ1) is 28.8. The van der Waals surface area contributed by atoms with Gasteiger partial charge in [-0.3, -0.25) is 19.3 Å². The molecular formula is C26H21F7N4O3. The third-order valence-electron chi connectivity index (χ3n) is 6.86. The summed E-state index contributed by atoms with van der Waals surface area (Å²) in [5.41, 5.74) is 0.211. The minimum absolute atomic E-state index is 0.0901. The lowest BCUT2D eigenvalue weighted by atomic mass is 9.87. The number of para-hydroxylation sites is 1. The van der Waals surface area contributed by atoms with Crippen LogP contribution in [0.3, 0.4) is 0 Å². The van der Waals surface area contributed by atoms with Crippen LogP contribution >= 0.6 is 0 Å². The van der Waals surface area contributed by atoms with Crippen LogP contribution < -0.4 is 10.2 Å². The van der Waals surface area contributed by atoms with E-state index in [0.29, 0.717) is 4.90 Å². The first-order valence-corrected chi connectivity index (χ1v) is 12.1. The summed E-state index contributed by atoms with van der Waals surface area (Å²) in [5, 5.41) is 11.6. The average Bonchev–Trinajstić information content (AvgIpc) is 3.00. The van der Waals surface area contributed by atoms with Gasteiger partial charge in [0.2, 0.25) is 17.7 Å². The summed E-state index contributed by atoms with van der Waals surface area (Å²) in [6.07, 6.45) is -14.4. The van der Waals surface area contributed by atoms with Gasteiger partial charge in [-0.15, -0.1) is 0 Å². The Morgan fingerprint density at radius 3 is 2.02 bits per heavy atom. The zero-order valence-corrected chi connectivity index (χ0v) is 20.5. The van der Waals surface area contributed by atoms with E-state index in [1.165, 1.54) is 41.3 Å². The summed E-state index contributed by atoms with van der Waals surface area (Å²) in [7, 11) is 0. The number of halogens is 7. The highest BCUT2D eigenvalue weighted by Gasteiger charge is 2.53. The number of amides is 3. The van der Waals surface area contributed by atoms with Gasteiger partial charge in [0.1, 0.15) is 17.5 Å². The number of fused-ring (bicyclic) bond motifs is 1. The predicted octanol–water partition coefficient (Wildman–Crippen LogP) is 5.44. The molecule has 0 aromatic heterocycles. The number of hydrogen-bond donors (Lipinski definition) is 1. The van der Waals surface area contributed by atoms with Crippen molar-refractivity contribution < 1.29 is 45.1 Å². The van der Waals surface area contributed by atoms with Crippen LogP contribution in [0.1, 0.15) is 31.2 Å². The fourth-order valence-electron chi connectivity index (χ4n) is 5.01. The van der Waals surface area contributed by atoms with Gasteiger partial charge in [0, 0.05) is 18.5 Å². The molecule has 4 rings (SSSR count). The second-order valence-corrected chi connectivity index (χ2v) is 9.48. The number of carbonyl (C=O) groups is 3. The van der Waals surface area contributed by atoms with E-state index in [9.17, 15) is 50.4 Å². The zero-order chi connectivity index (χ0) is 29.4. The van der Waals surface area contributed by atoms with Crippen LogP contribution in [-0.2, 0) is 14.4 Å². The third kappa shape index (κ3) is 6.03. The molecule has 212 valence electrons. The Morgan fingerprint density at radius 1 is 0.900 bits per heavy atom. The Kier molecular flexibility index (Phi) is 7.78. The maximum Gasteiger partial charge on any atom is 0.389 e. The molecule has 1 saturated heterocycles. The van der Waals surface area contributed by atoms with Crippen molar-refractivity contribution in [1.29, 1.82) is 5.26 Å². The van der Waals surface area contributed by atoms with Crippen LogP contribution in [0.5, 0.6) is 0 Å². The molecule has 0 spiro atoms. The molecule has 1 fully saturated rings. The van der Waals surface area contributed by atoms with E-state index < -0.39 is 86.0 Å². The highest BCUT2D eigenvalue weighted by Crippen LogP contribution is 2.42. The molecule has 0 radical (unpaired) electrons. The highest BCUT2D eigenvalue weighted by atomic mass is 19.4. The summed E-state index contributed by atoms with van der Waals surface area (Å²) < 4.78 is 92.7. The van der Waals surface area contributed by atoms with Crippen LogP contribution in [0.15, 0.2) is 42.5 Å². The Hall–Kier alpha value is -4.15. The molecule has 0 bridgehead atoms. The first-order chi connectivity index (χ1) is 18.7. The summed E-state index contributed by atoms with van der Waals surface area (Å²) in [5.74, 6) is -7.82. The number of anilines is 3. The van der Waals surface area contributed by atoms with Gasteiger partial charge >= 0.3 is 12.4 Å². The SMILES string of the molecule is N#Cc1cccc(N2C[C@H](N3C(=O)[C@@H](CCC(F)(F)F)[C@@H](CCC(F)(F)F)C3=O)C(=O)Nc3c(F)cccc32)c1. The number of alkyl halides is 6. The largest absolute Gasteiger partial charge is 0.389 e. The zero-order valence-electron chi connectivity index (χ0n) is 20.5. The highest BCUT2D eigenvalue weighted by molar-refractivity contribution is 6.11. The fraction of sp³-hybridized carbons (Fsp3) is 0.385. The lowest BCUT2D eigenvalue weighted by Crippen LogP contribution is -2.51. The van der Waals surface area contributed by atoms with Crippen molar-refractivity contribution in [3.05, 3.63) is 53.8 Å².